The van der Waals surface area contributed by atoms with E-state index >= 15 is 4.39 Å². The predicted molar refractivity (Wildman–Crippen MR) is 161 cm³/mol. The van der Waals surface area contributed by atoms with Gasteiger partial charge in [-0.2, -0.15) is 5.26 Å². The fourth-order valence-electron chi connectivity index (χ4n) is 5.76. The predicted octanol–water partition coefficient (Wildman–Crippen LogP) is 9.26. The lowest BCUT2D eigenvalue weighted by Crippen LogP contribution is -2.34. The van der Waals surface area contributed by atoms with Gasteiger partial charge in [0.2, 0.25) is 5.69 Å². The van der Waals surface area contributed by atoms with E-state index in [1.165, 1.54) is 0 Å². The molecule has 3 heterocycles. The number of furan rings is 2. The van der Waals surface area contributed by atoms with Crippen molar-refractivity contribution in [3.63, 3.8) is 0 Å². The number of pyridine rings is 1. The molecule has 4 nitrogen and oxygen atoms in total. The average molecular weight is 542 g/mol. The Bertz CT molecular complexity index is 2320. The molecule has 0 saturated carbocycles. The maximum absolute atomic E-state index is 15.8. The summed E-state index contributed by atoms with van der Waals surface area (Å²) in [6, 6.07) is 23.3. The van der Waals surface area contributed by atoms with Crippen molar-refractivity contribution in [2.45, 2.75) is 33.1 Å². The molecule has 0 amide bonds. The Labute approximate surface area is 239 Å². The molecule has 4 aromatic carbocycles. The van der Waals surface area contributed by atoms with Crippen LogP contribution in [0.2, 0.25) is 0 Å². The highest BCUT2D eigenvalue weighted by atomic mass is 19.1. The lowest BCUT2D eigenvalue weighted by molar-refractivity contribution is -0.661. The van der Waals surface area contributed by atoms with Crippen LogP contribution in [0.1, 0.15) is 40.2 Å². The normalized spacial score (nSPS) is 12.8. The van der Waals surface area contributed by atoms with E-state index in [2.05, 4.69) is 6.07 Å². The minimum Gasteiger partial charge on any atom is -0.456 e. The zero-order valence-corrected chi connectivity index (χ0v) is 23.4. The molecule has 3 aromatic heterocycles. The van der Waals surface area contributed by atoms with Crippen LogP contribution in [-0.4, -0.2) is 0 Å². The first-order chi connectivity index (χ1) is 20.5. The van der Waals surface area contributed by atoms with Crippen molar-refractivity contribution in [2.24, 2.45) is 7.05 Å². The molecule has 7 aromatic rings. The van der Waals surface area contributed by atoms with Gasteiger partial charge in [0.1, 0.15) is 36.6 Å². The van der Waals surface area contributed by atoms with Crippen molar-refractivity contribution in [3.8, 4) is 28.5 Å². The molecular weight excluding hydrogens is 511 g/mol. The molecule has 0 aliphatic carbocycles. The molecule has 0 bridgehead atoms. The zero-order valence-electron chi connectivity index (χ0n) is 25.4. The Balaban J connectivity index is 1.54. The van der Waals surface area contributed by atoms with E-state index in [1.54, 1.807) is 23.7 Å². The largest absolute Gasteiger partial charge is 0.456 e. The number of nitrogens with zero attached hydrogens (tertiary/aromatic N) is 2. The molecule has 41 heavy (non-hydrogen) atoms. The summed E-state index contributed by atoms with van der Waals surface area (Å²) in [6.07, 6.45) is 0.00936. The molecule has 0 aliphatic rings. The highest BCUT2D eigenvalue weighted by molar-refractivity contribution is 6.14. The first-order valence-corrected chi connectivity index (χ1v) is 13.5. The van der Waals surface area contributed by atoms with E-state index in [1.807, 2.05) is 82.3 Å². The minimum atomic E-state index is -0.704. The molecule has 0 unspecified atom stereocenters. The van der Waals surface area contributed by atoms with E-state index in [9.17, 15) is 5.26 Å². The van der Waals surface area contributed by atoms with Crippen molar-refractivity contribution in [3.05, 3.63) is 101 Å². The summed E-state index contributed by atoms with van der Waals surface area (Å²) in [6.45, 7) is 7.40. The van der Waals surface area contributed by atoms with Crippen LogP contribution in [0, 0.1) is 24.1 Å². The number of fused-ring (bicyclic) bond motifs is 6. The van der Waals surface area contributed by atoms with Gasteiger partial charge in [-0.25, -0.2) is 8.96 Å². The van der Waals surface area contributed by atoms with Crippen LogP contribution in [0.15, 0.2) is 87.8 Å². The number of aromatic nitrogens is 1. The highest BCUT2D eigenvalue weighted by Crippen LogP contribution is 2.42. The molecule has 200 valence electrons. The first-order valence-electron chi connectivity index (χ1n) is 14.5. The molecule has 0 radical (unpaired) electrons. The summed E-state index contributed by atoms with van der Waals surface area (Å²) in [5, 5.41) is 13.5. The van der Waals surface area contributed by atoms with Gasteiger partial charge < -0.3 is 8.83 Å². The fraction of sp³-hybridized carbons (Fsp3) is 0.167. The van der Waals surface area contributed by atoms with E-state index in [0.717, 1.165) is 49.4 Å². The van der Waals surface area contributed by atoms with Crippen molar-refractivity contribution in [1.82, 2.24) is 0 Å². The standard InChI is InChI=1S/C36H28FN2O2/c1-20-10-12-25-27-15-21(18-38)14-26(22-11-13-24-23-8-6-7-9-31(23)40-32(24)16-22)34(27)41-35(25)33(20)30-17-29(37)28(19-39(30)5)36(2,3)4/h6-17,19H,1-5H3/q+1/i17D,19D. The van der Waals surface area contributed by atoms with Crippen molar-refractivity contribution in [1.29, 1.82) is 5.26 Å². The Morgan fingerprint density at radius 2 is 1.63 bits per heavy atom. The van der Waals surface area contributed by atoms with Gasteiger partial charge >= 0.3 is 0 Å². The fourth-order valence-corrected chi connectivity index (χ4v) is 5.76. The van der Waals surface area contributed by atoms with Crippen LogP contribution in [0.5, 0.6) is 0 Å². The Morgan fingerprint density at radius 3 is 2.41 bits per heavy atom. The summed E-state index contributed by atoms with van der Waals surface area (Å²) in [5.74, 6) is -0.704. The molecule has 0 aliphatic heterocycles. The quantitative estimate of drug-likeness (QED) is 0.205. The Hall–Kier alpha value is -4.95. The minimum absolute atomic E-state index is 0.00936. The lowest BCUT2D eigenvalue weighted by atomic mass is 9.87. The summed E-state index contributed by atoms with van der Waals surface area (Å²) >= 11 is 0. The number of para-hydroxylation sites is 1. The number of benzene rings is 4. The SMILES string of the molecule is [2H]c1c(F)c(C(C)(C)C)c([2H])[n+](C)c1-c1c(C)ccc2c1oc1c(-c3ccc4c(c3)oc3ccccc34)cc(C#N)cc12. The van der Waals surface area contributed by atoms with Gasteiger partial charge in [0.15, 0.2) is 6.17 Å². The van der Waals surface area contributed by atoms with E-state index in [0.29, 0.717) is 22.3 Å². The lowest BCUT2D eigenvalue weighted by Gasteiger charge is -2.18. The molecule has 0 spiro atoms. The van der Waals surface area contributed by atoms with Crippen molar-refractivity contribution >= 4 is 43.9 Å². The van der Waals surface area contributed by atoms with Gasteiger partial charge in [0.05, 0.1) is 24.1 Å². The third-order valence-electron chi connectivity index (χ3n) is 7.82. The molecule has 0 saturated heterocycles. The molecule has 5 heteroatoms. The first kappa shape index (κ1) is 22.8. The monoisotopic (exact) mass is 541 g/mol. The van der Waals surface area contributed by atoms with Gasteiger partial charge in [-0.05, 0) is 53.8 Å². The smallest absolute Gasteiger partial charge is 0.219 e. The molecule has 0 atom stereocenters. The maximum atomic E-state index is 15.8. The van der Waals surface area contributed by atoms with Crippen LogP contribution in [0.25, 0.3) is 66.3 Å². The van der Waals surface area contributed by atoms with Crippen LogP contribution in [0.4, 0.5) is 4.39 Å². The van der Waals surface area contributed by atoms with Crippen molar-refractivity contribution < 1.29 is 20.5 Å². The second kappa shape index (κ2) is 8.78. The molecule has 0 N–H and O–H groups in total. The van der Waals surface area contributed by atoms with Gasteiger partial charge in [-0.3, -0.25) is 0 Å². The van der Waals surface area contributed by atoms with Crippen LogP contribution in [-0.2, 0) is 12.5 Å². The van der Waals surface area contributed by atoms with Crippen molar-refractivity contribution in [2.75, 3.05) is 0 Å². The third-order valence-corrected chi connectivity index (χ3v) is 7.82. The van der Waals surface area contributed by atoms with E-state index in [4.69, 9.17) is 11.6 Å². The molecule has 0 fully saturated rings. The molecule has 7 rings (SSSR count). The summed E-state index contributed by atoms with van der Waals surface area (Å²) < 4.78 is 47.9. The highest BCUT2D eigenvalue weighted by Gasteiger charge is 2.28. The summed E-state index contributed by atoms with van der Waals surface area (Å²) in [4.78, 5) is 0. The van der Waals surface area contributed by atoms with Crippen LogP contribution >= 0.6 is 0 Å². The number of halogens is 1. The van der Waals surface area contributed by atoms with Crippen LogP contribution < -0.4 is 4.57 Å². The number of nitriles is 1. The Kier molecular flexibility index (Phi) is 4.89. The van der Waals surface area contributed by atoms with Gasteiger partial charge in [0.25, 0.3) is 0 Å². The second-order valence-corrected chi connectivity index (χ2v) is 11.6. The summed E-state index contributed by atoms with van der Waals surface area (Å²) in [5.41, 5.74) is 5.73. The van der Waals surface area contributed by atoms with Crippen LogP contribution in [0.3, 0.4) is 0 Å². The van der Waals surface area contributed by atoms with E-state index in [-0.39, 0.29) is 23.5 Å². The van der Waals surface area contributed by atoms with Gasteiger partial charge in [-0.15, -0.1) is 0 Å². The second-order valence-electron chi connectivity index (χ2n) is 11.6. The topological polar surface area (TPSA) is 54.0 Å². The molecular formula is C36H28FN2O2+. The number of hydrogen-bond donors (Lipinski definition) is 0. The summed E-state index contributed by atoms with van der Waals surface area (Å²) in [7, 11) is 1.69. The maximum Gasteiger partial charge on any atom is 0.219 e. The van der Waals surface area contributed by atoms with Gasteiger partial charge in [-0.1, -0.05) is 57.2 Å². The Morgan fingerprint density at radius 1 is 0.878 bits per heavy atom. The third kappa shape index (κ3) is 3.82. The zero-order chi connectivity index (χ0) is 30.4. The van der Waals surface area contributed by atoms with Gasteiger partial charge in [0, 0.05) is 33.2 Å². The average Bonchev–Trinajstić information content (AvgIpc) is 3.54. The number of aryl methyl sites for hydroxylation is 1. The van der Waals surface area contributed by atoms with E-state index < -0.39 is 11.2 Å². The number of rotatable bonds is 2. The number of hydrogen-bond acceptors (Lipinski definition) is 3.